The first kappa shape index (κ1) is 16.0. The highest BCUT2D eigenvalue weighted by molar-refractivity contribution is 5.81. The van der Waals surface area contributed by atoms with E-state index < -0.39 is 5.97 Å². The van der Waals surface area contributed by atoms with Gasteiger partial charge in [-0.15, -0.1) is 0 Å². The minimum absolute atomic E-state index is 0.822. The molecule has 0 aliphatic rings. The van der Waals surface area contributed by atoms with Crippen LogP contribution in [0.4, 0.5) is 0 Å². The summed E-state index contributed by atoms with van der Waals surface area (Å²) >= 11 is 0. The highest BCUT2D eigenvalue weighted by Crippen LogP contribution is 2.23. The van der Waals surface area contributed by atoms with Crippen LogP contribution in [0.15, 0.2) is 42.5 Å². The number of carboxylic acid groups (broad SMARTS) is 1. The maximum Gasteiger partial charge on any atom is 0.328 e. The molecule has 0 aromatic heterocycles. The van der Waals surface area contributed by atoms with E-state index in [1.165, 1.54) is 12.8 Å². The van der Waals surface area contributed by atoms with Gasteiger partial charge < -0.3 is 9.84 Å². The van der Waals surface area contributed by atoms with Gasteiger partial charge in [0.1, 0.15) is 5.75 Å². The number of allylic oxidation sites excluding steroid dienone is 3. The zero-order valence-corrected chi connectivity index (χ0v) is 12.1. The first-order valence-corrected chi connectivity index (χ1v) is 6.92. The van der Waals surface area contributed by atoms with Crippen LogP contribution < -0.4 is 4.74 Å². The van der Waals surface area contributed by atoms with Crippen LogP contribution in [0.1, 0.15) is 38.2 Å². The Morgan fingerprint density at radius 3 is 2.50 bits per heavy atom. The molecule has 3 heteroatoms. The average Bonchev–Trinajstić information content (AvgIpc) is 2.46. The van der Waals surface area contributed by atoms with Gasteiger partial charge in [0, 0.05) is 6.08 Å². The Balaban J connectivity index is 2.86. The van der Waals surface area contributed by atoms with Crippen molar-refractivity contribution < 1.29 is 14.6 Å². The molecule has 0 heterocycles. The molecular weight excluding hydrogens is 252 g/mol. The first-order chi connectivity index (χ1) is 9.67. The lowest BCUT2D eigenvalue weighted by Gasteiger charge is -2.08. The summed E-state index contributed by atoms with van der Waals surface area (Å²) in [4.78, 5) is 10.5. The zero-order chi connectivity index (χ0) is 14.8. The van der Waals surface area contributed by atoms with Crippen molar-refractivity contribution in [2.45, 2.75) is 32.6 Å². The van der Waals surface area contributed by atoms with Crippen LogP contribution in [0, 0.1) is 0 Å². The summed E-state index contributed by atoms with van der Waals surface area (Å²) in [5.41, 5.74) is 2.26. The number of unbranched alkanes of at least 4 members (excludes halogenated alkanes) is 2. The van der Waals surface area contributed by atoms with Gasteiger partial charge in [-0.05, 0) is 36.1 Å². The molecule has 0 atom stereocenters. The molecule has 3 nitrogen and oxygen atoms in total. The monoisotopic (exact) mass is 274 g/mol. The van der Waals surface area contributed by atoms with Gasteiger partial charge in [0.15, 0.2) is 0 Å². The number of carboxylic acids is 1. The molecule has 1 rings (SSSR count). The van der Waals surface area contributed by atoms with Crippen molar-refractivity contribution in [3.05, 3.63) is 48.1 Å². The number of rotatable bonds is 8. The number of aliphatic carboxylic acids is 1. The summed E-state index contributed by atoms with van der Waals surface area (Å²) in [6.07, 6.45) is 9.03. The largest absolute Gasteiger partial charge is 0.497 e. The van der Waals surface area contributed by atoms with Gasteiger partial charge in [-0.2, -0.15) is 0 Å². The van der Waals surface area contributed by atoms with E-state index in [1.807, 2.05) is 30.3 Å². The number of hydrogen-bond acceptors (Lipinski definition) is 2. The fourth-order valence-electron chi connectivity index (χ4n) is 1.94. The molecule has 108 valence electrons. The Hall–Kier alpha value is -2.03. The predicted molar refractivity (Wildman–Crippen MR) is 81.9 cm³/mol. The molecule has 1 N–H and O–H groups in total. The molecule has 0 spiro atoms. The van der Waals surface area contributed by atoms with E-state index in [0.29, 0.717) is 0 Å². The third-order valence-electron chi connectivity index (χ3n) is 3.05. The topological polar surface area (TPSA) is 46.5 Å². The van der Waals surface area contributed by atoms with Gasteiger partial charge in [0.25, 0.3) is 0 Å². The van der Waals surface area contributed by atoms with Gasteiger partial charge >= 0.3 is 5.97 Å². The van der Waals surface area contributed by atoms with Crippen LogP contribution in [0.2, 0.25) is 0 Å². The summed E-state index contributed by atoms with van der Waals surface area (Å²) < 4.78 is 5.15. The molecule has 0 aliphatic carbocycles. The standard InChI is InChI=1S/C17H22O3/c1-3-4-5-7-14(8-6-9-17(18)19)15-10-12-16(20-2)13-11-15/h6,8-13H,3-5,7H2,1-2H3,(H,18,19). The van der Waals surface area contributed by atoms with E-state index in [-0.39, 0.29) is 0 Å². The average molecular weight is 274 g/mol. The van der Waals surface area contributed by atoms with Crippen molar-refractivity contribution in [3.63, 3.8) is 0 Å². The Morgan fingerprint density at radius 2 is 1.95 bits per heavy atom. The summed E-state index contributed by atoms with van der Waals surface area (Å²) in [5.74, 6) is -0.105. The zero-order valence-electron chi connectivity index (χ0n) is 12.1. The quantitative estimate of drug-likeness (QED) is 0.437. The summed E-state index contributed by atoms with van der Waals surface area (Å²) in [6.45, 7) is 2.17. The third-order valence-corrected chi connectivity index (χ3v) is 3.05. The summed E-state index contributed by atoms with van der Waals surface area (Å²) in [6, 6.07) is 7.85. The van der Waals surface area contributed by atoms with E-state index in [4.69, 9.17) is 9.84 Å². The predicted octanol–water partition coefficient (Wildman–Crippen LogP) is 4.30. The lowest BCUT2D eigenvalue weighted by Crippen LogP contribution is -1.88. The lowest BCUT2D eigenvalue weighted by atomic mass is 9.99. The second kappa shape index (κ2) is 8.97. The smallest absolute Gasteiger partial charge is 0.328 e. The van der Waals surface area contributed by atoms with Gasteiger partial charge in [-0.1, -0.05) is 44.1 Å². The van der Waals surface area contributed by atoms with Gasteiger partial charge in [-0.3, -0.25) is 0 Å². The van der Waals surface area contributed by atoms with Crippen LogP contribution in [0.3, 0.4) is 0 Å². The number of hydrogen-bond donors (Lipinski definition) is 1. The van der Waals surface area contributed by atoms with Crippen LogP contribution >= 0.6 is 0 Å². The molecule has 0 aliphatic heterocycles. The van der Waals surface area contributed by atoms with Crippen molar-refractivity contribution in [1.29, 1.82) is 0 Å². The van der Waals surface area contributed by atoms with Crippen LogP contribution in [0.25, 0.3) is 5.57 Å². The minimum Gasteiger partial charge on any atom is -0.497 e. The Bertz CT molecular complexity index is 470. The van der Waals surface area contributed by atoms with Crippen LogP contribution in [-0.2, 0) is 4.79 Å². The maximum absolute atomic E-state index is 10.5. The Kier molecular flexibility index (Phi) is 7.18. The van der Waals surface area contributed by atoms with Gasteiger partial charge in [0.05, 0.1) is 7.11 Å². The minimum atomic E-state index is -0.927. The highest BCUT2D eigenvalue weighted by atomic mass is 16.5. The molecular formula is C17H22O3. The fourth-order valence-corrected chi connectivity index (χ4v) is 1.94. The van der Waals surface area contributed by atoms with Crippen molar-refractivity contribution in [3.8, 4) is 5.75 Å². The second-order valence-electron chi connectivity index (χ2n) is 4.57. The molecule has 1 aromatic carbocycles. The van der Waals surface area contributed by atoms with E-state index in [9.17, 15) is 4.79 Å². The van der Waals surface area contributed by atoms with Crippen LogP contribution in [-0.4, -0.2) is 18.2 Å². The molecule has 0 unspecified atom stereocenters. The third kappa shape index (κ3) is 5.74. The van der Waals surface area contributed by atoms with Gasteiger partial charge in [0.2, 0.25) is 0 Å². The Labute approximate surface area is 120 Å². The molecule has 0 bridgehead atoms. The summed E-state index contributed by atoms with van der Waals surface area (Å²) in [7, 11) is 1.64. The molecule has 20 heavy (non-hydrogen) atoms. The lowest BCUT2D eigenvalue weighted by molar-refractivity contribution is -0.131. The van der Waals surface area contributed by atoms with E-state index in [0.717, 1.165) is 35.8 Å². The molecule has 0 fully saturated rings. The molecule has 0 saturated carbocycles. The first-order valence-electron chi connectivity index (χ1n) is 6.92. The highest BCUT2D eigenvalue weighted by Gasteiger charge is 2.01. The molecule has 0 amide bonds. The number of methoxy groups -OCH3 is 1. The number of benzene rings is 1. The van der Waals surface area contributed by atoms with Crippen molar-refractivity contribution in [1.82, 2.24) is 0 Å². The molecule has 0 radical (unpaired) electrons. The van der Waals surface area contributed by atoms with E-state index >= 15 is 0 Å². The van der Waals surface area contributed by atoms with Crippen molar-refractivity contribution >= 4 is 11.5 Å². The van der Waals surface area contributed by atoms with E-state index in [2.05, 4.69) is 6.92 Å². The molecule has 0 saturated heterocycles. The maximum atomic E-state index is 10.5. The fraction of sp³-hybridized carbons (Fsp3) is 0.353. The Morgan fingerprint density at radius 1 is 1.25 bits per heavy atom. The van der Waals surface area contributed by atoms with Gasteiger partial charge in [-0.25, -0.2) is 4.79 Å². The molecule has 1 aromatic rings. The van der Waals surface area contributed by atoms with Crippen molar-refractivity contribution in [2.75, 3.05) is 7.11 Å². The van der Waals surface area contributed by atoms with Crippen LogP contribution in [0.5, 0.6) is 5.75 Å². The van der Waals surface area contributed by atoms with E-state index in [1.54, 1.807) is 13.2 Å². The normalized spacial score (nSPS) is 11.8. The number of ether oxygens (including phenoxy) is 1. The van der Waals surface area contributed by atoms with Crippen molar-refractivity contribution in [2.24, 2.45) is 0 Å². The summed E-state index contributed by atoms with van der Waals surface area (Å²) in [5, 5.41) is 8.65. The number of carbonyl (C=O) groups is 1. The SMILES string of the molecule is CCCCCC(=CC=CC(=O)O)c1ccc(OC)cc1. The second-order valence-corrected chi connectivity index (χ2v) is 4.57.